The van der Waals surface area contributed by atoms with Gasteiger partial charge < -0.3 is 14.8 Å². The Bertz CT molecular complexity index is 1140. The number of thiophene rings is 1. The molecule has 0 unspecified atom stereocenters. The smallest absolute Gasteiger partial charge is 0.263 e. The second-order valence-corrected chi connectivity index (χ2v) is 9.07. The average Bonchev–Trinajstić information content (AvgIpc) is 3.00. The van der Waals surface area contributed by atoms with Crippen molar-refractivity contribution in [3.8, 4) is 5.75 Å². The van der Waals surface area contributed by atoms with Gasteiger partial charge in [-0.25, -0.2) is 4.98 Å². The van der Waals surface area contributed by atoms with E-state index < -0.39 is 0 Å². The number of carbonyl (C=O) groups excluding carboxylic acids is 1. The topological polar surface area (TPSA) is 82.4 Å². The van der Waals surface area contributed by atoms with Crippen molar-refractivity contribution < 1.29 is 14.3 Å². The summed E-state index contributed by atoms with van der Waals surface area (Å²) in [5, 5.41) is 4.40. The van der Waals surface area contributed by atoms with Crippen molar-refractivity contribution in [1.29, 1.82) is 0 Å². The molecule has 0 aliphatic rings. The van der Waals surface area contributed by atoms with Gasteiger partial charge in [0.15, 0.2) is 5.16 Å². The first-order valence-electron chi connectivity index (χ1n) is 9.11. The lowest BCUT2D eigenvalue weighted by molar-refractivity contribution is -0.113. The molecule has 0 aliphatic carbocycles. The number of aromatic nitrogens is 2. The van der Waals surface area contributed by atoms with Crippen molar-refractivity contribution in [1.82, 2.24) is 9.55 Å². The monoisotopic (exact) mass is 467 g/mol. The van der Waals surface area contributed by atoms with E-state index in [2.05, 4.69) is 10.3 Å². The highest BCUT2D eigenvalue weighted by atomic mass is 35.5. The largest absolute Gasteiger partial charge is 0.495 e. The van der Waals surface area contributed by atoms with E-state index in [9.17, 15) is 9.59 Å². The summed E-state index contributed by atoms with van der Waals surface area (Å²) in [5.74, 6) is 0.329. The van der Waals surface area contributed by atoms with E-state index >= 15 is 0 Å². The Morgan fingerprint density at radius 3 is 2.80 bits per heavy atom. The molecule has 1 amide bonds. The van der Waals surface area contributed by atoms with E-state index in [4.69, 9.17) is 21.1 Å². The van der Waals surface area contributed by atoms with Gasteiger partial charge in [-0.05, 0) is 37.6 Å². The van der Waals surface area contributed by atoms with Gasteiger partial charge in [0.1, 0.15) is 10.6 Å². The number of ether oxygens (including phenoxy) is 2. The minimum absolute atomic E-state index is 0.0733. The molecule has 3 rings (SSSR count). The summed E-state index contributed by atoms with van der Waals surface area (Å²) in [6.45, 7) is 4.63. The normalized spacial score (nSPS) is 11.1. The zero-order valence-corrected chi connectivity index (χ0v) is 19.5. The highest BCUT2D eigenvalue weighted by molar-refractivity contribution is 7.99. The summed E-state index contributed by atoms with van der Waals surface area (Å²) in [5.41, 5.74) is 1.32. The second kappa shape index (κ2) is 9.82. The summed E-state index contributed by atoms with van der Waals surface area (Å²) in [6, 6.07) is 4.99. The molecule has 160 valence electrons. The summed E-state index contributed by atoms with van der Waals surface area (Å²) in [6.07, 6.45) is 0. The third kappa shape index (κ3) is 4.80. The molecule has 10 heteroatoms. The summed E-state index contributed by atoms with van der Waals surface area (Å²) in [4.78, 5) is 32.0. The summed E-state index contributed by atoms with van der Waals surface area (Å²) >= 11 is 8.70. The number of anilines is 1. The Hall–Kier alpha value is -2.07. The number of rotatable bonds is 8. The van der Waals surface area contributed by atoms with Crippen molar-refractivity contribution in [2.24, 2.45) is 0 Å². The molecule has 0 saturated heterocycles. The number of benzene rings is 1. The number of thioether (sulfide) groups is 1. The van der Waals surface area contributed by atoms with E-state index in [1.165, 1.54) is 30.2 Å². The van der Waals surface area contributed by atoms with Crippen LogP contribution in [0.1, 0.15) is 10.4 Å². The van der Waals surface area contributed by atoms with Gasteiger partial charge in [-0.15, -0.1) is 11.3 Å². The van der Waals surface area contributed by atoms with Crippen LogP contribution in [0.15, 0.2) is 28.2 Å². The van der Waals surface area contributed by atoms with Crippen LogP contribution in [-0.2, 0) is 16.1 Å². The lowest BCUT2D eigenvalue weighted by Crippen LogP contribution is -2.26. The van der Waals surface area contributed by atoms with Gasteiger partial charge in [0, 0.05) is 17.0 Å². The van der Waals surface area contributed by atoms with Crippen LogP contribution in [0.5, 0.6) is 5.75 Å². The molecule has 7 nitrogen and oxygen atoms in total. The van der Waals surface area contributed by atoms with Crippen molar-refractivity contribution in [2.75, 3.05) is 31.9 Å². The predicted molar refractivity (Wildman–Crippen MR) is 123 cm³/mol. The highest BCUT2D eigenvalue weighted by Crippen LogP contribution is 2.30. The predicted octanol–water partition coefficient (Wildman–Crippen LogP) is 4.11. The molecule has 30 heavy (non-hydrogen) atoms. The molecule has 3 aromatic rings. The summed E-state index contributed by atoms with van der Waals surface area (Å²) < 4.78 is 12.0. The van der Waals surface area contributed by atoms with Crippen LogP contribution in [0.2, 0.25) is 5.02 Å². The maximum atomic E-state index is 13.1. The fourth-order valence-corrected chi connectivity index (χ4v) is 4.96. The molecule has 0 bridgehead atoms. The zero-order chi connectivity index (χ0) is 21.8. The minimum Gasteiger partial charge on any atom is -0.495 e. The second-order valence-electron chi connectivity index (χ2n) is 6.49. The SMILES string of the molecule is COCCn1c(SCC(=O)Nc2cc(Cl)ccc2OC)nc2sc(C)c(C)c2c1=O. The van der Waals surface area contributed by atoms with Gasteiger partial charge in [0.2, 0.25) is 5.91 Å². The maximum Gasteiger partial charge on any atom is 0.263 e. The first-order valence-corrected chi connectivity index (χ1v) is 11.3. The molecule has 0 saturated carbocycles. The number of methoxy groups -OCH3 is 2. The van der Waals surface area contributed by atoms with Gasteiger partial charge in [0.05, 0.1) is 37.1 Å². The number of nitrogens with zero attached hydrogens (tertiary/aromatic N) is 2. The van der Waals surface area contributed by atoms with Crippen LogP contribution in [0, 0.1) is 13.8 Å². The quantitative estimate of drug-likeness (QED) is 0.396. The van der Waals surface area contributed by atoms with Crippen LogP contribution in [0.4, 0.5) is 5.69 Å². The van der Waals surface area contributed by atoms with Gasteiger partial charge in [-0.2, -0.15) is 0 Å². The van der Waals surface area contributed by atoms with Gasteiger partial charge in [-0.1, -0.05) is 23.4 Å². The van der Waals surface area contributed by atoms with E-state index in [1.54, 1.807) is 29.9 Å². The number of hydrogen-bond donors (Lipinski definition) is 1. The molecule has 0 atom stereocenters. The third-order valence-electron chi connectivity index (χ3n) is 4.54. The maximum absolute atomic E-state index is 13.1. The number of nitrogens with one attached hydrogen (secondary N) is 1. The fraction of sp³-hybridized carbons (Fsp3) is 0.350. The van der Waals surface area contributed by atoms with Gasteiger partial charge in [0.25, 0.3) is 5.56 Å². The minimum atomic E-state index is -0.258. The Balaban J connectivity index is 1.85. The average molecular weight is 468 g/mol. The number of carbonyl (C=O) groups is 1. The van der Waals surface area contributed by atoms with Crippen LogP contribution in [-0.4, -0.2) is 42.0 Å². The number of aryl methyl sites for hydroxylation is 2. The Kier molecular flexibility index (Phi) is 7.41. The number of hydrogen-bond acceptors (Lipinski definition) is 7. The Morgan fingerprint density at radius 2 is 2.10 bits per heavy atom. The first-order chi connectivity index (χ1) is 14.3. The Morgan fingerprint density at radius 1 is 1.33 bits per heavy atom. The molecular formula is C20H22ClN3O4S2. The zero-order valence-electron chi connectivity index (χ0n) is 17.1. The van der Waals surface area contributed by atoms with Gasteiger partial charge >= 0.3 is 0 Å². The molecular weight excluding hydrogens is 446 g/mol. The van der Waals surface area contributed by atoms with Crippen LogP contribution < -0.4 is 15.6 Å². The molecule has 1 aromatic carbocycles. The van der Waals surface area contributed by atoms with Crippen molar-refractivity contribution in [3.63, 3.8) is 0 Å². The van der Waals surface area contributed by atoms with Crippen LogP contribution in [0.25, 0.3) is 10.2 Å². The lowest BCUT2D eigenvalue weighted by atomic mass is 10.2. The molecule has 1 N–H and O–H groups in total. The van der Waals surface area contributed by atoms with Crippen molar-refractivity contribution in [2.45, 2.75) is 25.5 Å². The molecule has 0 fully saturated rings. The fourth-order valence-electron chi connectivity index (χ4n) is 2.89. The van der Waals surface area contributed by atoms with Crippen molar-refractivity contribution in [3.05, 3.63) is 44.0 Å². The molecule has 2 aromatic heterocycles. The van der Waals surface area contributed by atoms with Crippen LogP contribution in [0.3, 0.4) is 0 Å². The van der Waals surface area contributed by atoms with Crippen LogP contribution >= 0.6 is 34.7 Å². The number of halogens is 1. The van der Waals surface area contributed by atoms with Crippen molar-refractivity contribution >= 4 is 56.5 Å². The van der Waals surface area contributed by atoms with E-state index in [1.807, 2.05) is 13.8 Å². The molecule has 0 spiro atoms. The molecule has 0 aliphatic heterocycles. The highest BCUT2D eigenvalue weighted by Gasteiger charge is 2.18. The Labute approximate surface area is 187 Å². The lowest BCUT2D eigenvalue weighted by Gasteiger charge is -2.13. The molecule has 2 heterocycles. The van der Waals surface area contributed by atoms with E-state index in [-0.39, 0.29) is 17.2 Å². The first kappa shape index (κ1) is 22.6. The van der Waals surface area contributed by atoms with E-state index in [0.717, 1.165) is 10.4 Å². The standard InChI is InChI=1S/C20H22ClN3O4S2/c1-11-12(2)30-18-17(11)19(26)24(7-8-27-3)20(23-18)29-10-16(25)22-14-9-13(21)5-6-15(14)28-4/h5-6,9H,7-8,10H2,1-4H3,(H,22,25). The number of fused-ring (bicyclic) bond motifs is 1. The summed E-state index contributed by atoms with van der Waals surface area (Å²) in [7, 11) is 3.10. The third-order valence-corrected chi connectivity index (χ3v) is 6.85. The van der Waals surface area contributed by atoms with Gasteiger partial charge in [-0.3, -0.25) is 14.2 Å². The number of amides is 1. The molecule has 0 radical (unpaired) electrons. The van der Waals surface area contributed by atoms with E-state index in [0.29, 0.717) is 45.0 Å².